The Morgan fingerprint density at radius 3 is 2.50 bits per heavy atom. The molecule has 0 spiro atoms. The lowest BCUT2D eigenvalue weighted by Gasteiger charge is -2.12. The van der Waals surface area contributed by atoms with Crippen LogP contribution in [0.5, 0.6) is 0 Å². The van der Waals surface area contributed by atoms with Gasteiger partial charge in [-0.15, -0.1) is 0 Å². The fraction of sp³-hybridized carbons (Fsp3) is 0.417. The van der Waals surface area contributed by atoms with E-state index in [1.54, 1.807) is 26.0 Å². The number of carbonyl (C=O) groups is 1. The van der Waals surface area contributed by atoms with E-state index < -0.39 is 15.8 Å². The number of benzene rings is 1. The van der Waals surface area contributed by atoms with Crippen LogP contribution in [-0.4, -0.2) is 26.7 Å². The molecule has 0 radical (unpaired) electrons. The second-order valence-corrected chi connectivity index (χ2v) is 6.54. The van der Waals surface area contributed by atoms with Crippen molar-refractivity contribution in [2.75, 3.05) is 12.0 Å². The van der Waals surface area contributed by atoms with Gasteiger partial charge in [0.1, 0.15) is 0 Å². The highest BCUT2D eigenvalue weighted by atomic mass is 32.2. The summed E-state index contributed by atoms with van der Waals surface area (Å²) in [4.78, 5) is 11.7. The largest absolute Gasteiger partial charge is 0.459 e. The maximum Gasteiger partial charge on any atom is 0.340 e. The predicted octanol–water partition coefficient (Wildman–Crippen LogP) is 1.38. The van der Waals surface area contributed by atoms with Crippen molar-refractivity contribution in [3.8, 4) is 0 Å². The average molecular weight is 271 g/mol. The smallest absolute Gasteiger partial charge is 0.340 e. The Labute approximate surface area is 107 Å². The van der Waals surface area contributed by atoms with Crippen LogP contribution in [0, 0.1) is 0 Å². The van der Waals surface area contributed by atoms with E-state index in [4.69, 9.17) is 10.5 Å². The average Bonchev–Trinajstić information content (AvgIpc) is 2.18. The Hall–Kier alpha value is -1.56. The first kappa shape index (κ1) is 14.5. The van der Waals surface area contributed by atoms with Crippen molar-refractivity contribution in [2.24, 2.45) is 0 Å². The van der Waals surface area contributed by atoms with Gasteiger partial charge in [-0.3, -0.25) is 0 Å². The van der Waals surface area contributed by atoms with Crippen LogP contribution in [0.1, 0.15) is 29.8 Å². The number of para-hydroxylation sites is 1. The highest BCUT2D eigenvalue weighted by Crippen LogP contribution is 2.21. The summed E-state index contributed by atoms with van der Waals surface area (Å²) in [7, 11) is -3.20. The van der Waals surface area contributed by atoms with Gasteiger partial charge in [-0.05, 0) is 25.5 Å². The molecule has 0 amide bonds. The van der Waals surface area contributed by atoms with Gasteiger partial charge in [0.15, 0.2) is 9.84 Å². The summed E-state index contributed by atoms with van der Waals surface area (Å²) in [5.41, 5.74) is 6.57. The molecule has 18 heavy (non-hydrogen) atoms. The first-order chi connectivity index (χ1) is 8.20. The maximum absolute atomic E-state index is 11.7. The minimum absolute atomic E-state index is 0.161. The predicted molar refractivity (Wildman–Crippen MR) is 70.0 cm³/mol. The lowest BCUT2D eigenvalue weighted by molar-refractivity contribution is 0.0379. The van der Waals surface area contributed by atoms with Crippen LogP contribution in [0.4, 0.5) is 5.69 Å². The summed E-state index contributed by atoms with van der Waals surface area (Å²) in [5, 5.41) is 0. The van der Waals surface area contributed by atoms with Crippen molar-refractivity contribution in [3.63, 3.8) is 0 Å². The molecular weight excluding hydrogens is 254 g/mol. The molecule has 0 aliphatic heterocycles. The molecule has 1 rings (SSSR count). The zero-order chi connectivity index (χ0) is 13.9. The van der Waals surface area contributed by atoms with Crippen LogP contribution in [0.3, 0.4) is 0 Å². The number of ether oxygens (including phenoxy) is 1. The number of carbonyl (C=O) groups excluding carboxylic acids is 1. The lowest BCUT2D eigenvalue weighted by atomic mass is 10.1. The van der Waals surface area contributed by atoms with Gasteiger partial charge >= 0.3 is 5.97 Å². The van der Waals surface area contributed by atoms with E-state index in [9.17, 15) is 13.2 Å². The first-order valence-corrected chi connectivity index (χ1v) is 7.53. The fourth-order valence-electron chi connectivity index (χ4n) is 1.48. The molecule has 100 valence electrons. The third-order valence-corrected chi connectivity index (χ3v) is 3.01. The molecule has 1 aromatic rings. The number of nitrogens with two attached hydrogens (primary N) is 1. The van der Waals surface area contributed by atoms with Crippen LogP contribution in [0.25, 0.3) is 0 Å². The Morgan fingerprint density at radius 2 is 2.00 bits per heavy atom. The highest BCUT2D eigenvalue weighted by Gasteiger charge is 2.17. The Bertz CT molecular complexity index is 549. The molecular formula is C12H17NO4S. The van der Waals surface area contributed by atoms with Crippen molar-refractivity contribution < 1.29 is 17.9 Å². The topological polar surface area (TPSA) is 86.5 Å². The number of sulfone groups is 1. The van der Waals surface area contributed by atoms with Gasteiger partial charge in [-0.2, -0.15) is 0 Å². The van der Waals surface area contributed by atoms with E-state index in [1.165, 1.54) is 6.07 Å². The minimum atomic E-state index is -3.20. The molecule has 0 aromatic heterocycles. The number of rotatable bonds is 4. The summed E-state index contributed by atoms with van der Waals surface area (Å²) in [6.07, 6.45) is 0.862. The second kappa shape index (κ2) is 5.39. The van der Waals surface area contributed by atoms with E-state index in [0.29, 0.717) is 5.56 Å². The molecule has 0 aliphatic rings. The summed E-state index contributed by atoms with van der Waals surface area (Å²) in [6, 6.07) is 4.70. The van der Waals surface area contributed by atoms with Crippen molar-refractivity contribution in [1.29, 1.82) is 0 Å². The number of anilines is 1. The third kappa shape index (κ3) is 4.03. The summed E-state index contributed by atoms with van der Waals surface area (Å²) in [5.74, 6) is -0.736. The molecule has 0 unspecified atom stereocenters. The standard InChI is InChI=1S/C12H17NO4S/c1-8(2)17-12(14)10-6-4-5-9(11(10)13)7-18(3,15)16/h4-6,8H,7,13H2,1-3H3. The Morgan fingerprint density at radius 1 is 1.39 bits per heavy atom. The van der Waals surface area contributed by atoms with E-state index in [1.807, 2.05) is 0 Å². The molecule has 6 heteroatoms. The molecule has 0 saturated carbocycles. The van der Waals surface area contributed by atoms with Gasteiger partial charge in [0, 0.05) is 6.26 Å². The van der Waals surface area contributed by atoms with Gasteiger partial charge in [-0.1, -0.05) is 12.1 Å². The van der Waals surface area contributed by atoms with Gasteiger partial charge in [0.05, 0.1) is 23.1 Å². The third-order valence-electron chi connectivity index (χ3n) is 2.18. The molecule has 5 nitrogen and oxygen atoms in total. The van der Waals surface area contributed by atoms with E-state index in [2.05, 4.69) is 0 Å². The molecule has 0 fully saturated rings. The monoisotopic (exact) mass is 271 g/mol. The lowest BCUT2D eigenvalue weighted by Crippen LogP contribution is -2.15. The van der Waals surface area contributed by atoms with Gasteiger partial charge in [-0.25, -0.2) is 13.2 Å². The van der Waals surface area contributed by atoms with Crippen molar-refractivity contribution in [1.82, 2.24) is 0 Å². The molecule has 0 atom stereocenters. The van der Waals surface area contributed by atoms with Crippen LogP contribution < -0.4 is 5.73 Å². The van der Waals surface area contributed by atoms with Crippen LogP contribution in [0.15, 0.2) is 18.2 Å². The number of hydrogen-bond donors (Lipinski definition) is 1. The van der Waals surface area contributed by atoms with E-state index in [-0.39, 0.29) is 23.1 Å². The van der Waals surface area contributed by atoms with Gasteiger partial charge < -0.3 is 10.5 Å². The maximum atomic E-state index is 11.7. The van der Waals surface area contributed by atoms with Crippen LogP contribution in [-0.2, 0) is 20.3 Å². The normalized spacial score (nSPS) is 11.6. The number of hydrogen-bond acceptors (Lipinski definition) is 5. The zero-order valence-corrected chi connectivity index (χ0v) is 11.5. The Balaban J connectivity index is 3.09. The molecule has 0 heterocycles. The quantitative estimate of drug-likeness (QED) is 0.660. The second-order valence-electron chi connectivity index (χ2n) is 4.40. The highest BCUT2D eigenvalue weighted by molar-refractivity contribution is 7.89. The van der Waals surface area contributed by atoms with Crippen molar-refractivity contribution >= 4 is 21.5 Å². The molecule has 0 bridgehead atoms. The molecule has 1 aromatic carbocycles. The SMILES string of the molecule is CC(C)OC(=O)c1cccc(CS(C)(=O)=O)c1N. The number of esters is 1. The zero-order valence-electron chi connectivity index (χ0n) is 10.6. The Kier molecular flexibility index (Phi) is 4.34. The van der Waals surface area contributed by atoms with Gasteiger partial charge in [0.2, 0.25) is 0 Å². The summed E-state index contributed by atoms with van der Waals surface area (Å²) >= 11 is 0. The van der Waals surface area contributed by atoms with Crippen molar-refractivity contribution in [3.05, 3.63) is 29.3 Å². The van der Waals surface area contributed by atoms with Gasteiger partial charge in [0.25, 0.3) is 0 Å². The first-order valence-electron chi connectivity index (χ1n) is 5.47. The van der Waals surface area contributed by atoms with Crippen LogP contribution >= 0.6 is 0 Å². The molecule has 2 N–H and O–H groups in total. The van der Waals surface area contributed by atoms with Crippen molar-refractivity contribution in [2.45, 2.75) is 25.7 Å². The molecule has 0 aliphatic carbocycles. The fourth-order valence-corrected chi connectivity index (χ4v) is 2.29. The van der Waals surface area contributed by atoms with E-state index in [0.717, 1.165) is 6.26 Å². The minimum Gasteiger partial charge on any atom is -0.459 e. The summed E-state index contributed by atoms with van der Waals surface area (Å²) in [6.45, 7) is 3.46. The summed E-state index contributed by atoms with van der Waals surface area (Å²) < 4.78 is 27.5. The number of nitrogen functional groups attached to an aromatic ring is 1. The van der Waals surface area contributed by atoms with E-state index >= 15 is 0 Å². The van der Waals surface area contributed by atoms with Crippen LogP contribution in [0.2, 0.25) is 0 Å². The molecule has 0 saturated heterocycles.